The van der Waals surface area contributed by atoms with E-state index >= 15 is 0 Å². The van der Waals surface area contributed by atoms with E-state index in [1.54, 1.807) is 6.92 Å². The highest BCUT2D eigenvalue weighted by molar-refractivity contribution is 5.03. The zero-order valence-corrected chi connectivity index (χ0v) is 13.0. The van der Waals surface area contributed by atoms with Crippen molar-refractivity contribution in [1.29, 1.82) is 0 Å². The maximum atomic E-state index is 10.8. The average Bonchev–Trinajstić information content (AvgIpc) is 2.86. The summed E-state index contributed by atoms with van der Waals surface area (Å²) >= 11 is 0. The normalized spacial score (nSPS) is 22.9. The van der Waals surface area contributed by atoms with Crippen molar-refractivity contribution in [2.75, 3.05) is 13.1 Å². The van der Waals surface area contributed by atoms with Gasteiger partial charge in [-0.1, -0.05) is 5.16 Å². The van der Waals surface area contributed by atoms with Gasteiger partial charge in [-0.05, 0) is 38.8 Å². The van der Waals surface area contributed by atoms with Gasteiger partial charge in [0, 0.05) is 18.9 Å². The van der Waals surface area contributed by atoms with Gasteiger partial charge in [0.2, 0.25) is 5.89 Å². The zero-order valence-electron chi connectivity index (χ0n) is 13.0. The molecule has 1 N–H and O–H groups in total. The van der Waals surface area contributed by atoms with E-state index < -0.39 is 5.60 Å². The average molecular weight is 303 g/mol. The van der Waals surface area contributed by atoms with Crippen molar-refractivity contribution >= 4 is 0 Å². The molecular formula is C15H21N5O2. The summed E-state index contributed by atoms with van der Waals surface area (Å²) in [7, 11) is 0. The smallest absolute Gasteiger partial charge is 0.229 e. The summed E-state index contributed by atoms with van der Waals surface area (Å²) in [6.07, 6.45) is 5.69. The van der Waals surface area contributed by atoms with Crippen LogP contribution in [0.15, 0.2) is 16.9 Å². The second-order valence-electron chi connectivity index (χ2n) is 6.13. The number of nitrogens with zero attached hydrogens (tertiary/aromatic N) is 5. The molecule has 22 heavy (non-hydrogen) atoms. The Morgan fingerprint density at radius 2 is 2.09 bits per heavy atom. The van der Waals surface area contributed by atoms with Crippen molar-refractivity contribution in [1.82, 2.24) is 25.0 Å². The summed E-state index contributed by atoms with van der Waals surface area (Å²) in [6, 6.07) is 0. The van der Waals surface area contributed by atoms with Crippen molar-refractivity contribution in [3.05, 3.63) is 35.5 Å². The summed E-state index contributed by atoms with van der Waals surface area (Å²) in [5, 5.41) is 14.6. The number of rotatable bonds is 4. The molecule has 2 aromatic heterocycles. The van der Waals surface area contributed by atoms with Gasteiger partial charge in [0.05, 0.1) is 18.6 Å². The van der Waals surface area contributed by atoms with E-state index in [9.17, 15) is 5.11 Å². The number of piperidine rings is 1. The van der Waals surface area contributed by atoms with Crippen LogP contribution in [0.2, 0.25) is 0 Å². The maximum absolute atomic E-state index is 10.8. The van der Waals surface area contributed by atoms with E-state index in [0.717, 1.165) is 30.8 Å². The molecule has 2 aromatic rings. The van der Waals surface area contributed by atoms with Gasteiger partial charge in [-0.15, -0.1) is 0 Å². The number of likely N-dealkylation sites (tertiary alicyclic amines) is 1. The van der Waals surface area contributed by atoms with E-state index in [1.807, 2.05) is 19.3 Å². The van der Waals surface area contributed by atoms with Crippen molar-refractivity contribution in [3.8, 4) is 0 Å². The van der Waals surface area contributed by atoms with E-state index in [2.05, 4.69) is 25.0 Å². The lowest BCUT2D eigenvalue weighted by Crippen LogP contribution is -2.49. The van der Waals surface area contributed by atoms with Crippen molar-refractivity contribution < 1.29 is 9.63 Å². The van der Waals surface area contributed by atoms with Gasteiger partial charge in [-0.2, -0.15) is 4.98 Å². The topological polar surface area (TPSA) is 88.2 Å². The number of aliphatic hydroxyl groups is 1. The summed E-state index contributed by atoms with van der Waals surface area (Å²) in [6.45, 7) is 5.88. The number of hydrogen-bond donors (Lipinski definition) is 1. The number of hydrogen-bond acceptors (Lipinski definition) is 7. The maximum Gasteiger partial charge on any atom is 0.229 e. The molecular weight excluding hydrogens is 282 g/mol. The third kappa shape index (κ3) is 3.66. The molecule has 0 saturated carbocycles. The second-order valence-corrected chi connectivity index (χ2v) is 6.13. The molecule has 1 aliphatic heterocycles. The first kappa shape index (κ1) is 15.1. The summed E-state index contributed by atoms with van der Waals surface area (Å²) in [5.41, 5.74) is 0.215. The van der Waals surface area contributed by atoms with Gasteiger partial charge in [-0.25, -0.2) is 9.97 Å². The highest BCUT2D eigenvalue weighted by atomic mass is 16.5. The first-order valence-electron chi connectivity index (χ1n) is 7.54. The highest BCUT2D eigenvalue weighted by Gasteiger charge is 2.35. The van der Waals surface area contributed by atoms with Gasteiger partial charge >= 0.3 is 0 Å². The molecule has 1 unspecified atom stereocenters. The fourth-order valence-corrected chi connectivity index (χ4v) is 2.88. The van der Waals surface area contributed by atoms with Crippen LogP contribution in [0.4, 0.5) is 0 Å². The Morgan fingerprint density at radius 1 is 1.32 bits per heavy atom. The van der Waals surface area contributed by atoms with E-state index in [0.29, 0.717) is 31.2 Å². The van der Waals surface area contributed by atoms with Gasteiger partial charge in [0.15, 0.2) is 5.82 Å². The van der Waals surface area contributed by atoms with Crippen LogP contribution < -0.4 is 0 Å². The standard InChI is InChI=1S/C15H21N5O2/c1-11-7-16-13(17-8-11)9-20-5-3-4-15(21,10-20)6-14-18-12(2)19-22-14/h7-8,21H,3-6,9-10H2,1-2H3. The molecule has 0 aliphatic carbocycles. The van der Waals surface area contributed by atoms with Crippen LogP contribution in [0.1, 0.15) is 35.9 Å². The third-order valence-corrected chi connectivity index (χ3v) is 3.88. The van der Waals surface area contributed by atoms with Crippen LogP contribution in [-0.2, 0) is 13.0 Å². The number of β-amino-alcohol motifs (C(OH)–C–C–N with tert-alkyl or cyclic N) is 1. The summed E-state index contributed by atoms with van der Waals surface area (Å²) in [5.74, 6) is 1.87. The third-order valence-electron chi connectivity index (χ3n) is 3.88. The van der Waals surface area contributed by atoms with Crippen LogP contribution in [0, 0.1) is 13.8 Å². The molecule has 118 valence electrons. The lowest BCUT2D eigenvalue weighted by atomic mass is 9.89. The zero-order chi connectivity index (χ0) is 15.6. The van der Waals surface area contributed by atoms with E-state index in [4.69, 9.17) is 4.52 Å². The van der Waals surface area contributed by atoms with Crippen molar-refractivity contribution in [2.24, 2.45) is 0 Å². The Kier molecular flexibility index (Phi) is 4.17. The van der Waals surface area contributed by atoms with Gasteiger partial charge in [-0.3, -0.25) is 4.90 Å². The lowest BCUT2D eigenvalue weighted by Gasteiger charge is -2.38. The quantitative estimate of drug-likeness (QED) is 0.903. The molecule has 3 heterocycles. The van der Waals surface area contributed by atoms with E-state index in [1.165, 1.54) is 0 Å². The first-order chi connectivity index (χ1) is 10.5. The van der Waals surface area contributed by atoms with Crippen LogP contribution >= 0.6 is 0 Å². The molecule has 1 aliphatic rings. The second kappa shape index (κ2) is 6.10. The Balaban J connectivity index is 1.64. The van der Waals surface area contributed by atoms with Gasteiger partial charge < -0.3 is 9.63 Å². The fourth-order valence-electron chi connectivity index (χ4n) is 2.88. The largest absolute Gasteiger partial charge is 0.388 e. The van der Waals surface area contributed by atoms with Gasteiger partial charge in [0.25, 0.3) is 0 Å². The molecule has 0 radical (unpaired) electrons. The minimum absolute atomic E-state index is 0.388. The van der Waals surface area contributed by atoms with Gasteiger partial charge in [0.1, 0.15) is 5.82 Å². The van der Waals surface area contributed by atoms with Crippen LogP contribution in [0.5, 0.6) is 0 Å². The van der Waals surface area contributed by atoms with E-state index in [-0.39, 0.29) is 0 Å². The molecule has 0 bridgehead atoms. The molecule has 0 spiro atoms. The summed E-state index contributed by atoms with van der Waals surface area (Å²) in [4.78, 5) is 15.0. The Labute approximate surface area is 129 Å². The van der Waals surface area contributed by atoms with Crippen molar-refractivity contribution in [3.63, 3.8) is 0 Å². The molecule has 0 amide bonds. The number of aryl methyl sites for hydroxylation is 2. The highest BCUT2D eigenvalue weighted by Crippen LogP contribution is 2.25. The Hall–Kier alpha value is -1.86. The van der Waals surface area contributed by atoms with Crippen molar-refractivity contribution in [2.45, 2.75) is 45.3 Å². The molecule has 3 rings (SSSR count). The van der Waals surface area contributed by atoms with Crippen LogP contribution in [0.25, 0.3) is 0 Å². The molecule has 1 fully saturated rings. The lowest BCUT2D eigenvalue weighted by molar-refractivity contribution is -0.0379. The molecule has 7 nitrogen and oxygen atoms in total. The predicted octanol–water partition coefficient (Wildman–Crippen LogP) is 1.05. The Morgan fingerprint density at radius 3 is 2.77 bits per heavy atom. The minimum Gasteiger partial charge on any atom is -0.388 e. The molecule has 1 atom stereocenters. The van der Waals surface area contributed by atoms with Crippen LogP contribution in [0.3, 0.4) is 0 Å². The summed E-state index contributed by atoms with van der Waals surface area (Å²) < 4.78 is 5.13. The first-order valence-corrected chi connectivity index (χ1v) is 7.54. The SMILES string of the molecule is Cc1cnc(CN2CCCC(O)(Cc3nc(C)no3)C2)nc1. The fraction of sp³-hybridized carbons (Fsp3) is 0.600. The molecule has 7 heteroatoms. The predicted molar refractivity (Wildman–Crippen MR) is 79.0 cm³/mol. The minimum atomic E-state index is -0.831. The Bertz CT molecular complexity index is 627. The monoisotopic (exact) mass is 303 g/mol. The number of aromatic nitrogens is 4. The molecule has 1 saturated heterocycles. The van der Waals surface area contributed by atoms with Crippen LogP contribution in [-0.4, -0.2) is 48.8 Å². The molecule has 0 aromatic carbocycles.